The van der Waals surface area contributed by atoms with Gasteiger partial charge in [0.15, 0.2) is 0 Å². The maximum atomic E-state index is 12.0. The van der Waals surface area contributed by atoms with Gasteiger partial charge in [-0.1, -0.05) is 55.0 Å². The Kier molecular flexibility index (Phi) is 5.13. The van der Waals surface area contributed by atoms with Crippen molar-refractivity contribution in [3.63, 3.8) is 0 Å². The van der Waals surface area contributed by atoms with E-state index in [0.29, 0.717) is 5.22 Å². The summed E-state index contributed by atoms with van der Waals surface area (Å²) >= 11 is 1.45. The van der Waals surface area contributed by atoms with Gasteiger partial charge in [-0.3, -0.25) is 13.7 Å². The Morgan fingerprint density at radius 1 is 1.13 bits per heavy atom. The minimum atomic E-state index is 0.0431. The van der Waals surface area contributed by atoms with Gasteiger partial charge in [-0.25, -0.2) is 0 Å². The van der Waals surface area contributed by atoms with E-state index in [2.05, 4.69) is 48.4 Å². The van der Waals surface area contributed by atoms with Crippen LogP contribution in [-0.4, -0.2) is 21.9 Å². The molecule has 0 amide bonds. The van der Waals surface area contributed by atoms with E-state index >= 15 is 0 Å². The van der Waals surface area contributed by atoms with Gasteiger partial charge < -0.3 is 0 Å². The smallest absolute Gasteiger partial charge is 0.267 e. The van der Waals surface area contributed by atoms with E-state index < -0.39 is 0 Å². The molecule has 0 bridgehead atoms. The van der Waals surface area contributed by atoms with Crippen LogP contribution in [0.4, 0.5) is 0 Å². The third kappa shape index (κ3) is 4.01. The quantitative estimate of drug-likeness (QED) is 0.839. The van der Waals surface area contributed by atoms with Gasteiger partial charge in [-0.15, -0.1) is 0 Å². The Hall–Kier alpha value is -1.65. The first-order valence-corrected chi connectivity index (χ1v) is 9.05. The number of benzene rings is 1. The van der Waals surface area contributed by atoms with Crippen molar-refractivity contribution < 1.29 is 0 Å². The largest absolute Gasteiger partial charge is 0.299 e. The van der Waals surface area contributed by atoms with Crippen molar-refractivity contribution in [2.75, 3.05) is 13.1 Å². The minimum Gasteiger partial charge on any atom is -0.299 e. The molecule has 0 radical (unpaired) electrons. The van der Waals surface area contributed by atoms with Crippen molar-refractivity contribution in [2.45, 2.75) is 32.4 Å². The van der Waals surface area contributed by atoms with Crippen molar-refractivity contribution in [2.24, 2.45) is 5.92 Å². The van der Waals surface area contributed by atoms with Crippen molar-refractivity contribution in [3.05, 3.63) is 56.0 Å². The van der Waals surface area contributed by atoms with Crippen LogP contribution < -0.4 is 15.3 Å². The molecule has 0 N–H and O–H groups in total. The fraction of sp³-hybridized carbons (Fsp3) is 0.421. The third-order valence-electron chi connectivity index (χ3n) is 4.74. The van der Waals surface area contributed by atoms with Crippen LogP contribution in [0.25, 0.3) is 13.2 Å². The zero-order valence-electron chi connectivity index (χ0n) is 13.5. The molecular weight excluding hydrogens is 304 g/mol. The Bertz CT molecular complexity index is 785. The van der Waals surface area contributed by atoms with Gasteiger partial charge >= 0.3 is 0 Å². The highest BCUT2D eigenvalue weighted by atomic mass is 32.1. The summed E-state index contributed by atoms with van der Waals surface area (Å²) in [7, 11) is 0. The van der Waals surface area contributed by atoms with Gasteiger partial charge in [0, 0.05) is 17.6 Å². The van der Waals surface area contributed by atoms with E-state index in [-0.39, 0.29) is 5.56 Å². The molecule has 0 saturated carbocycles. The monoisotopic (exact) mass is 328 g/mol. The molecule has 3 rings (SSSR count). The summed E-state index contributed by atoms with van der Waals surface area (Å²) in [4.78, 5) is 14.5. The second-order valence-corrected chi connectivity index (χ2v) is 7.51. The number of aromatic nitrogens is 1. The second kappa shape index (κ2) is 7.28. The van der Waals surface area contributed by atoms with Gasteiger partial charge in [-0.05, 0) is 43.8 Å². The molecule has 3 nitrogen and oxygen atoms in total. The van der Waals surface area contributed by atoms with E-state index in [0.717, 1.165) is 43.1 Å². The first kappa shape index (κ1) is 16.2. The molecule has 0 spiro atoms. The lowest BCUT2D eigenvalue weighted by Crippen LogP contribution is -2.35. The SMILES string of the molecule is C=c1sn(CCC2CCN(Cc3ccccc3)CC2)c(=O)c1=C. The Morgan fingerprint density at radius 3 is 2.43 bits per heavy atom. The number of hydrogen-bond acceptors (Lipinski definition) is 3. The maximum absolute atomic E-state index is 12.0. The van der Waals surface area contributed by atoms with Crippen molar-refractivity contribution >= 4 is 24.7 Å². The highest BCUT2D eigenvalue weighted by Gasteiger charge is 2.19. The molecule has 1 aromatic carbocycles. The van der Waals surface area contributed by atoms with E-state index in [1.54, 1.807) is 0 Å². The van der Waals surface area contributed by atoms with Crippen molar-refractivity contribution in [1.82, 2.24) is 8.86 Å². The van der Waals surface area contributed by atoms with Crippen LogP contribution in [0.1, 0.15) is 24.8 Å². The van der Waals surface area contributed by atoms with Crippen molar-refractivity contribution in [1.29, 1.82) is 0 Å². The predicted molar refractivity (Wildman–Crippen MR) is 97.9 cm³/mol. The molecule has 1 aliphatic heterocycles. The van der Waals surface area contributed by atoms with Crippen molar-refractivity contribution in [3.8, 4) is 0 Å². The van der Waals surface area contributed by atoms with Crippen LogP contribution >= 0.6 is 11.5 Å². The lowest BCUT2D eigenvalue weighted by molar-refractivity contribution is 0.170. The van der Waals surface area contributed by atoms with E-state index in [1.165, 1.54) is 29.9 Å². The molecule has 0 unspecified atom stereocenters. The van der Waals surface area contributed by atoms with Crippen LogP contribution in [0.3, 0.4) is 0 Å². The normalized spacial score (nSPS) is 16.7. The average Bonchev–Trinajstić information content (AvgIpc) is 2.82. The minimum absolute atomic E-state index is 0.0431. The van der Waals surface area contributed by atoms with Crippen LogP contribution in [-0.2, 0) is 13.1 Å². The predicted octanol–water partition coefficient (Wildman–Crippen LogP) is 2.03. The fourth-order valence-electron chi connectivity index (χ4n) is 3.22. The topological polar surface area (TPSA) is 25.2 Å². The zero-order valence-corrected chi connectivity index (χ0v) is 14.4. The molecule has 2 heterocycles. The number of nitrogens with zero attached hydrogens (tertiary/aromatic N) is 2. The van der Waals surface area contributed by atoms with Crippen LogP contribution in [0.2, 0.25) is 0 Å². The molecule has 2 aromatic rings. The molecule has 0 atom stereocenters. The zero-order chi connectivity index (χ0) is 16.2. The number of likely N-dealkylation sites (tertiary alicyclic amines) is 1. The summed E-state index contributed by atoms with van der Waals surface area (Å²) < 4.78 is 2.62. The van der Waals surface area contributed by atoms with E-state index in [9.17, 15) is 4.79 Å². The summed E-state index contributed by atoms with van der Waals surface area (Å²) in [6.07, 6.45) is 3.53. The lowest BCUT2D eigenvalue weighted by Gasteiger charge is -2.32. The second-order valence-electron chi connectivity index (χ2n) is 6.39. The third-order valence-corrected chi connectivity index (χ3v) is 5.77. The fourth-order valence-corrected chi connectivity index (χ4v) is 4.07. The van der Waals surface area contributed by atoms with Gasteiger partial charge in [0.2, 0.25) is 0 Å². The summed E-state index contributed by atoms with van der Waals surface area (Å²) in [6.45, 7) is 11.8. The highest BCUT2D eigenvalue weighted by Crippen LogP contribution is 2.22. The molecule has 1 aromatic heterocycles. The summed E-state index contributed by atoms with van der Waals surface area (Å²) in [5.41, 5.74) is 1.43. The number of aryl methyl sites for hydroxylation is 1. The van der Waals surface area contributed by atoms with Crippen LogP contribution in [0.15, 0.2) is 35.1 Å². The molecule has 1 fully saturated rings. The highest BCUT2D eigenvalue weighted by molar-refractivity contribution is 7.04. The Morgan fingerprint density at radius 2 is 1.83 bits per heavy atom. The number of hydrogen-bond donors (Lipinski definition) is 0. The average molecular weight is 328 g/mol. The number of piperidine rings is 1. The maximum Gasteiger partial charge on any atom is 0.267 e. The van der Waals surface area contributed by atoms with Gasteiger partial charge in [0.05, 0.1) is 5.22 Å². The summed E-state index contributed by atoms with van der Waals surface area (Å²) in [5, 5.41) is 0.563. The molecule has 1 aliphatic rings. The molecule has 1 saturated heterocycles. The van der Waals surface area contributed by atoms with Gasteiger partial charge in [0.1, 0.15) is 0 Å². The standard InChI is InChI=1S/C19H24N2OS/c1-15-16(2)23-21(19(15)22)13-10-17-8-11-20(12-9-17)14-18-6-4-3-5-7-18/h3-7,17H,1-2,8-14H2. The molecule has 23 heavy (non-hydrogen) atoms. The first-order valence-electron chi connectivity index (χ1n) is 8.28. The van der Waals surface area contributed by atoms with Gasteiger partial charge in [0.25, 0.3) is 5.56 Å². The molecule has 0 aliphatic carbocycles. The lowest BCUT2D eigenvalue weighted by atomic mass is 9.93. The first-order chi connectivity index (χ1) is 11.1. The van der Waals surface area contributed by atoms with Crippen LogP contribution in [0, 0.1) is 5.92 Å². The molecule has 122 valence electrons. The molecular formula is C19H24N2OS. The number of rotatable bonds is 5. The molecule has 4 heteroatoms. The van der Waals surface area contributed by atoms with E-state index in [1.807, 2.05) is 3.96 Å². The van der Waals surface area contributed by atoms with Gasteiger partial charge in [-0.2, -0.15) is 0 Å². The summed E-state index contributed by atoms with van der Waals surface area (Å²) in [6, 6.07) is 10.7. The summed E-state index contributed by atoms with van der Waals surface area (Å²) in [5.74, 6) is 0.720. The Balaban J connectivity index is 1.48. The van der Waals surface area contributed by atoms with Crippen LogP contribution in [0.5, 0.6) is 0 Å². The van der Waals surface area contributed by atoms with E-state index in [4.69, 9.17) is 0 Å². The Labute approximate surface area is 141 Å².